The Morgan fingerprint density at radius 1 is 1.14 bits per heavy atom. The van der Waals surface area contributed by atoms with Crippen molar-refractivity contribution < 1.29 is 0 Å². The average molecular weight is 386 g/mol. The molecule has 0 radical (unpaired) electrons. The number of aliphatic imine (C=N–C) groups is 1. The van der Waals surface area contributed by atoms with E-state index in [2.05, 4.69) is 70.9 Å². The summed E-state index contributed by atoms with van der Waals surface area (Å²) in [6.07, 6.45) is 2.14. The maximum absolute atomic E-state index is 4.70. The number of hydrogen-bond acceptors (Lipinski definition) is 4. The predicted octanol–water partition coefficient (Wildman–Crippen LogP) is 2.73. The van der Waals surface area contributed by atoms with E-state index >= 15 is 0 Å². The van der Waals surface area contributed by atoms with E-state index in [0.29, 0.717) is 12.5 Å². The van der Waals surface area contributed by atoms with Gasteiger partial charge in [-0.15, -0.1) is 10.2 Å². The number of rotatable bonds is 10. The summed E-state index contributed by atoms with van der Waals surface area (Å²) in [5.41, 5.74) is 1.24. The van der Waals surface area contributed by atoms with E-state index in [-0.39, 0.29) is 0 Å². The summed E-state index contributed by atoms with van der Waals surface area (Å²) in [4.78, 5) is 6.97. The molecule has 1 aromatic heterocycles. The van der Waals surface area contributed by atoms with Crippen LogP contribution in [0.2, 0.25) is 0 Å². The Balaban J connectivity index is 1.84. The van der Waals surface area contributed by atoms with Crippen molar-refractivity contribution in [3.63, 3.8) is 0 Å². The number of aromatic nitrogens is 3. The Labute approximate surface area is 169 Å². The molecule has 0 aliphatic carbocycles. The van der Waals surface area contributed by atoms with Crippen molar-refractivity contribution in [2.24, 2.45) is 18.0 Å². The van der Waals surface area contributed by atoms with Crippen LogP contribution < -0.4 is 15.5 Å². The van der Waals surface area contributed by atoms with Gasteiger partial charge in [-0.1, -0.05) is 32.0 Å². The number of guanidine groups is 1. The zero-order chi connectivity index (χ0) is 20.4. The van der Waals surface area contributed by atoms with Gasteiger partial charge in [-0.3, -0.25) is 0 Å². The number of benzene rings is 1. The van der Waals surface area contributed by atoms with Gasteiger partial charge >= 0.3 is 0 Å². The third-order valence-electron chi connectivity index (χ3n) is 4.74. The molecule has 154 valence electrons. The van der Waals surface area contributed by atoms with Gasteiger partial charge in [0.25, 0.3) is 0 Å². The fourth-order valence-corrected chi connectivity index (χ4v) is 2.73. The first-order valence-electron chi connectivity index (χ1n) is 10.1. The minimum Gasteiger partial charge on any atom is -0.375 e. The number of anilines is 1. The maximum atomic E-state index is 4.70. The lowest BCUT2D eigenvalue weighted by Gasteiger charge is -2.20. The molecule has 2 aromatic rings. The second kappa shape index (κ2) is 11.3. The van der Waals surface area contributed by atoms with Crippen LogP contribution in [-0.4, -0.2) is 47.4 Å². The second-order valence-electron chi connectivity index (χ2n) is 7.53. The molecule has 0 aliphatic rings. The van der Waals surface area contributed by atoms with E-state index in [1.165, 1.54) is 5.69 Å². The highest BCUT2D eigenvalue weighted by Crippen LogP contribution is 2.10. The van der Waals surface area contributed by atoms with Crippen molar-refractivity contribution in [3.8, 4) is 0 Å². The minimum absolute atomic E-state index is 0.512. The van der Waals surface area contributed by atoms with E-state index in [4.69, 9.17) is 4.99 Å². The number of hydrogen-bond donors (Lipinski definition) is 2. The van der Waals surface area contributed by atoms with Crippen LogP contribution in [0, 0.1) is 12.8 Å². The summed E-state index contributed by atoms with van der Waals surface area (Å²) >= 11 is 0. The topological polar surface area (TPSA) is 70.4 Å². The molecular formula is C21H35N7. The van der Waals surface area contributed by atoms with Gasteiger partial charge in [-0.25, -0.2) is 4.99 Å². The Bertz CT molecular complexity index is 722. The Kier molecular flexibility index (Phi) is 8.78. The average Bonchev–Trinajstić information content (AvgIpc) is 3.01. The molecule has 0 spiro atoms. The fraction of sp³-hybridized carbons (Fsp3) is 0.571. The van der Waals surface area contributed by atoms with Crippen LogP contribution in [0.1, 0.15) is 38.3 Å². The van der Waals surface area contributed by atoms with Gasteiger partial charge in [0.05, 0.1) is 0 Å². The number of aryl methyl sites for hydroxylation is 1. The molecule has 1 aromatic carbocycles. The summed E-state index contributed by atoms with van der Waals surface area (Å²) in [5.74, 6) is 3.26. The van der Waals surface area contributed by atoms with E-state index in [9.17, 15) is 0 Å². The predicted molar refractivity (Wildman–Crippen MR) is 117 cm³/mol. The molecule has 0 saturated heterocycles. The summed E-state index contributed by atoms with van der Waals surface area (Å²) < 4.78 is 1.98. The molecular weight excluding hydrogens is 350 g/mol. The van der Waals surface area contributed by atoms with E-state index in [1.54, 1.807) is 0 Å². The van der Waals surface area contributed by atoms with Gasteiger partial charge in [0.1, 0.15) is 12.4 Å². The standard InChI is InChI=1S/C21H35N7/c1-17(2)12-14-23-21(24-16-20-26-25-18(3)28(20)5)22-13-9-15-27(4)19-10-7-6-8-11-19/h6-8,10-11,17H,9,12-16H2,1-5H3,(H2,22,23,24). The van der Waals surface area contributed by atoms with Gasteiger partial charge in [-0.2, -0.15) is 0 Å². The molecule has 0 unspecified atom stereocenters. The van der Waals surface area contributed by atoms with Gasteiger partial charge in [0, 0.05) is 39.4 Å². The summed E-state index contributed by atoms with van der Waals surface area (Å²) in [6, 6.07) is 10.5. The summed E-state index contributed by atoms with van der Waals surface area (Å²) in [5, 5.41) is 15.2. The molecule has 0 amide bonds. The first-order valence-corrected chi connectivity index (χ1v) is 10.1. The molecule has 0 atom stereocenters. The lowest BCUT2D eigenvalue weighted by molar-refractivity contribution is 0.572. The molecule has 0 saturated carbocycles. The first kappa shape index (κ1) is 21.7. The summed E-state index contributed by atoms with van der Waals surface area (Å²) in [7, 11) is 4.10. The van der Waals surface area contributed by atoms with Crippen molar-refractivity contribution in [1.29, 1.82) is 0 Å². The van der Waals surface area contributed by atoms with Crippen molar-refractivity contribution >= 4 is 11.6 Å². The molecule has 7 nitrogen and oxygen atoms in total. The normalized spacial score (nSPS) is 11.7. The largest absolute Gasteiger partial charge is 0.375 e. The highest BCUT2D eigenvalue weighted by atomic mass is 15.3. The highest BCUT2D eigenvalue weighted by Gasteiger charge is 2.06. The number of nitrogens with one attached hydrogen (secondary N) is 2. The third kappa shape index (κ3) is 7.21. The van der Waals surface area contributed by atoms with Gasteiger partial charge < -0.3 is 20.1 Å². The SMILES string of the molecule is Cc1nnc(CN=C(NCCCN(C)c2ccccc2)NCCC(C)C)n1C. The quantitative estimate of drug-likeness (QED) is 0.374. The molecule has 0 aliphatic heterocycles. The molecule has 28 heavy (non-hydrogen) atoms. The Hall–Kier alpha value is -2.57. The second-order valence-corrected chi connectivity index (χ2v) is 7.53. The molecule has 0 fully saturated rings. The zero-order valence-electron chi connectivity index (χ0n) is 17.9. The van der Waals surface area contributed by atoms with Crippen LogP contribution in [0.25, 0.3) is 0 Å². The van der Waals surface area contributed by atoms with Crippen molar-refractivity contribution in [1.82, 2.24) is 25.4 Å². The van der Waals surface area contributed by atoms with Gasteiger partial charge in [0.2, 0.25) is 0 Å². The summed E-state index contributed by atoms with van der Waals surface area (Å²) in [6.45, 7) is 9.68. The monoisotopic (exact) mass is 385 g/mol. The Morgan fingerprint density at radius 2 is 1.86 bits per heavy atom. The van der Waals surface area contributed by atoms with Crippen LogP contribution >= 0.6 is 0 Å². The van der Waals surface area contributed by atoms with Crippen molar-refractivity contribution in [2.75, 3.05) is 31.6 Å². The molecule has 7 heteroatoms. The maximum Gasteiger partial charge on any atom is 0.191 e. The van der Waals surface area contributed by atoms with Crippen LogP contribution in [-0.2, 0) is 13.6 Å². The van der Waals surface area contributed by atoms with E-state index in [1.807, 2.05) is 24.6 Å². The van der Waals surface area contributed by atoms with E-state index < -0.39 is 0 Å². The van der Waals surface area contributed by atoms with Crippen molar-refractivity contribution in [2.45, 2.75) is 40.2 Å². The molecule has 0 bridgehead atoms. The molecule has 1 heterocycles. The number of nitrogens with zero attached hydrogens (tertiary/aromatic N) is 5. The first-order chi connectivity index (χ1) is 13.5. The number of para-hydroxylation sites is 1. The van der Waals surface area contributed by atoms with Crippen LogP contribution in [0.15, 0.2) is 35.3 Å². The van der Waals surface area contributed by atoms with Crippen LogP contribution in [0.4, 0.5) is 5.69 Å². The van der Waals surface area contributed by atoms with Gasteiger partial charge in [-0.05, 0) is 37.8 Å². The van der Waals surface area contributed by atoms with Crippen LogP contribution in [0.3, 0.4) is 0 Å². The fourth-order valence-electron chi connectivity index (χ4n) is 2.73. The van der Waals surface area contributed by atoms with Crippen molar-refractivity contribution in [3.05, 3.63) is 42.0 Å². The lowest BCUT2D eigenvalue weighted by Crippen LogP contribution is -2.39. The van der Waals surface area contributed by atoms with Crippen LogP contribution in [0.5, 0.6) is 0 Å². The van der Waals surface area contributed by atoms with E-state index in [0.717, 1.165) is 50.1 Å². The third-order valence-corrected chi connectivity index (χ3v) is 4.74. The molecule has 2 N–H and O–H groups in total. The van der Waals surface area contributed by atoms with Gasteiger partial charge in [0.15, 0.2) is 11.8 Å². The highest BCUT2D eigenvalue weighted by molar-refractivity contribution is 5.79. The molecule has 2 rings (SSSR count). The smallest absolute Gasteiger partial charge is 0.191 e. The minimum atomic E-state index is 0.512. The zero-order valence-corrected chi connectivity index (χ0v) is 17.9. The lowest BCUT2D eigenvalue weighted by atomic mass is 10.1. The Morgan fingerprint density at radius 3 is 2.50 bits per heavy atom.